The first-order chi connectivity index (χ1) is 18.9. The molecule has 1 aliphatic rings. The third-order valence-corrected chi connectivity index (χ3v) is 8.11. The van der Waals surface area contributed by atoms with Crippen molar-refractivity contribution in [3.63, 3.8) is 0 Å². The molecule has 0 saturated heterocycles. The molecule has 4 heteroatoms. The topological polar surface area (TPSA) is 0 Å². The molecular formula is C35H40F4. The zero-order chi connectivity index (χ0) is 27.8. The summed E-state index contributed by atoms with van der Waals surface area (Å²) in [5.74, 6) is -2.75. The third-order valence-electron chi connectivity index (χ3n) is 8.11. The summed E-state index contributed by atoms with van der Waals surface area (Å²) in [6.07, 6.45) is 14.1. The predicted molar refractivity (Wildman–Crippen MR) is 154 cm³/mol. The Labute approximate surface area is 231 Å². The average Bonchev–Trinajstić information content (AvgIpc) is 2.95. The van der Waals surface area contributed by atoms with Gasteiger partial charge < -0.3 is 0 Å². The molecule has 0 spiro atoms. The maximum absolute atomic E-state index is 15.2. The van der Waals surface area contributed by atoms with Crippen LogP contribution in [0, 0.1) is 29.2 Å². The quantitative estimate of drug-likeness (QED) is 0.159. The fraction of sp³-hybridized carbons (Fsp3) is 0.429. The van der Waals surface area contributed by atoms with E-state index in [9.17, 15) is 8.78 Å². The van der Waals surface area contributed by atoms with Gasteiger partial charge in [0.05, 0.1) is 0 Å². The van der Waals surface area contributed by atoms with Gasteiger partial charge in [0.1, 0.15) is 0 Å². The van der Waals surface area contributed by atoms with Crippen molar-refractivity contribution in [2.75, 3.05) is 0 Å². The second-order valence-corrected chi connectivity index (χ2v) is 10.9. The zero-order valence-corrected chi connectivity index (χ0v) is 23.3. The molecule has 0 heterocycles. The number of unbranched alkanes of at least 4 members (excludes halogenated alkanes) is 5. The molecule has 1 unspecified atom stereocenters. The van der Waals surface area contributed by atoms with Gasteiger partial charge in [-0.3, -0.25) is 0 Å². The molecule has 4 rings (SSSR count). The first kappa shape index (κ1) is 29.1. The number of allylic oxidation sites excluding steroid dienone is 2. The number of hydrogen-bond donors (Lipinski definition) is 0. The highest BCUT2D eigenvalue weighted by Gasteiger charge is 2.21. The summed E-state index contributed by atoms with van der Waals surface area (Å²) in [4.78, 5) is 0. The summed E-state index contributed by atoms with van der Waals surface area (Å²) in [7, 11) is 0. The van der Waals surface area contributed by atoms with E-state index in [0.29, 0.717) is 34.6 Å². The molecule has 1 aliphatic carbocycles. The van der Waals surface area contributed by atoms with Crippen LogP contribution in [0.1, 0.15) is 95.6 Å². The van der Waals surface area contributed by atoms with Crippen molar-refractivity contribution in [1.82, 2.24) is 0 Å². The zero-order valence-electron chi connectivity index (χ0n) is 23.3. The Bertz CT molecular complexity index is 1270. The predicted octanol–water partition coefficient (Wildman–Crippen LogP) is 11.5. The number of rotatable bonds is 12. The smallest absolute Gasteiger partial charge is 0.167 e. The first-order valence-electron chi connectivity index (χ1n) is 14.7. The Balaban J connectivity index is 1.47. The molecule has 208 valence electrons. The average molecular weight is 537 g/mol. The summed E-state index contributed by atoms with van der Waals surface area (Å²) in [6.45, 7) is 4.34. The lowest BCUT2D eigenvalue weighted by Crippen LogP contribution is -2.06. The van der Waals surface area contributed by atoms with Crippen molar-refractivity contribution in [1.29, 1.82) is 0 Å². The van der Waals surface area contributed by atoms with Crippen LogP contribution in [0.2, 0.25) is 0 Å². The highest BCUT2D eigenvalue weighted by Crippen LogP contribution is 2.37. The molecule has 0 saturated carbocycles. The van der Waals surface area contributed by atoms with E-state index < -0.39 is 23.3 Å². The van der Waals surface area contributed by atoms with Gasteiger partial charge in [-0.05, 0) is 60.3 Å². The molecule has 1 atom stereocenters. The molecule has 0 radical (unpaired) electrons. The van der Waals surface area contributed by atoms with Crippen LogP contribution >= 0.6 is 0 Å². The minimum atomic E-state index is -0.881. The monoisotopic (exact) mass is 536 g/mol. The van der Waals surface area contributed by atoms with E-state index in [0.717, 1.165) is 56.9 Å². The molecule has 0 aliphatic heterocycles. The van der Waals surface area contributed by atoms with Crippen LogP contribution in [-0.2, 0) is 6.42 Å². The van der Waals surface area contributed by atoms with E-state index in [4.69, 9.17) is 0 Å². The van der Waals surface area contributed by atoms with Crippen molar-refractivity contribution in [2.24, 2.45) is 5.92 Å². The molecule has 3 aromatic carbocycles. The largest absolute Gasteiger partial charge is 0.203 e. The van der Waals surface area contributed by atoms with Crippen LogP contribution in [0.15, 0.2) is 54.6 Å². The van der Waals surface area contributed by atoms with Crippen LogP contribution in [0.3, 0.4) is 0 Å². The van der Waals surface area contributed by atoms with Crippen molar-refractivity contribution < 1.29 is 17.6 Å². The van der Waals surface area contributed by atoms with Gasteiger partial charge in [-0.1, -0.05) is 113 Å². The summed E-state index contributed by atoms with van der Waals surface area (Å²) in [5.41, 5.74) is 2.91. The van der Waals surface area contributed by atoms with E-state index in [1.807, 2.05) is 0 Å². The molecule has 0 fully saturated rings. The highest BCUT2D eigenvalue weighted by atomic mass is 19.2. The standard InChI is InChI=1S/C35H40F4/c1-3-5-6-7-8-9-11-28-20-21-29(33(37)32(28)36)26-16-18-27(19-17-26)31-23-22-30(34(38)35(31)39)25-14-12-24(10-4-2)13-15-25/h14,16-24H,3-13,15H2,1-2H3. The summed E-state index contributed by atoms with van der Waals surface area (Å²) < 4.78 is 60.0. The lowest BCUT2D eigenvalue weighted by atomic mass is 9.84. The number of aryl methyl sites for hydroxylation is 1. The van der Waals surface area contributed by atoms with Gasteiger partial charge in [0, 0.05) is 16.7 Å². The molecular weight excluding hydrogens is 496 g/mol. The molecule has 3 aromatic rings. The molecule has 0 bridgehead atoms. The van der Waals surface area contributed by atoms with Crippen LogP contribution < -0.4 is 0 Å². The van der Waals surface area contributed by atoms with Crippen LogP contribution in [0.5, 0.6) is 0 Å². The van der Waals surface area contributed by atoms with Crippen molar-refractivity contribution in [3.05, 3.63) is 89.0 Å². The fourth-order valence-electron chi connectivity index (χ4n) is 5.75. The maximum atomic E-state index is 15.2. The molecule has 0 aromatic heterocycles. The molecule has 0 amide bonds. The molecule has 0 nitrogen and oxygen atoms in total. The normalized spacial score (nSPS) is 15.4. The van der Waals surface area contributed by atoms with Crippen molar-refractivity contribution in [2.45, 2.75) is 90.9 Å². The summed E-state index contributed by atoms with van der Waals surface area (Å²) in [5, 5.41) is 0. The number of hydrogen-bond acceptors (Lipinski definition) is 0. The van der Waals surface area contributed by atoms with Gasteiger partial charge in [-0.2, -0.15) is 0 Å². The Morgan fingerprint density at radius 2 is 1.18 bits per heavy atom. The minimum absolute atomic E-state index is 0.156. The molecule has 0 N–H and O–H groups in total. The number of halogens is 4. The Morgan fingerprint density at radius 3 is 1.79 bits per heavy atom. The Kier molecular flexibility index (Phi) is 10.4. The first-order valence-corrected chi connectivity index (χ1v) is 14.7. The van der Waals surface area contributed by atoms with E-state index in [1.165, 1.54) is 19.3 Å². The lowest BCUT2D eigenvalue weighted by molar-refractivity contribution is 0.443. The van der Waals surface area contributed by atoms with E-state index in [-0.39, 0.29) is 11.1 Å². The number of benzene rings is 3. The van der Waals surface area contributed by atoms with Crippen LogP contribution in [0.4, 0.5) is 17.6 Å². The summed E-state index contributed by atoms with van der Waals surface area (Å²) in [6, 6.07) is 13.0. The van der Waals surface area contributed by atoms with E-state index in [1.54, 1.807) is 48.5 Å². The molecule has 39 heavy (non-hydrogen) atoms. The van der Waals surface area contributed by atoms with Crippen LogP contribution in [-0.4, -0.2) is 0 Å². The van der Waals surface area contributed by atoms with Gasteiger partial charge in [0.2, 0.25) is 0 Å². The Hall–Kier alpha value is -2.88. The van der Waals surface area contributed by atoms with Crippen molar-refractivity contribution in [3.8, 4) is 22.3 Å². The van der Waals surface area contributed by atoms with Gasteiger partial charge in [-0.15, -0.1) is 0 Å². The van der Waals surface area contributed by atoms with Gasteiger partial charge in [-0.25, -0.2) is 17.6 Å². The minimum Gasteiger partial charge on any atom is -0.203 e. The van der Waals surface area contributed by atoms with Gasteiger partial charge in [0.25, 0.3) is 0 Å². The fourth-order valence-corrected chi connectivity index (χ4v) is 5.75. The van der Waals surface area contributed by atoms with E-state index in [2.05, 4.69) is 19.9 Å². The second-order valence-electron chi connectivity index (χ2n) is 10.9. The van der Waals surface area contributed by atoms with Crippen LogP contribution in [0.25, 0.3) is 27.8 Å². The highest BCUT2D eigenvalue weighted by molar-refractivity contribution is 5.74. The lowest BCUT2D eigenvalue weighted by Gasteiger charge is -2.22. The van der Waals surface area contributed by atoms with E-state index >= 15 is 8.78 Å². The second kappa shape index (κ2) is 14.0. The summed E-state index contributed by atoms with van der Waals surface area (Å²) >= 11 is 0. The van der Waals surface area contributed by atoms with Gasteiger partial charge >= 0.3 is 0 Å². The Morgan fingerprint density at radius 1 is 0.615 bits per heavy atom. The SMILES string of the molecule is CCCCCCCCc1ccc(-c2ccc(-c3ccc(C4=CCC(CCC)CC4)c(F)c3F)cc2)c(F)c1F. The maximum Gasteiger partial charge on any atom is 0.167 e. The van der Waals surface area contributed by atoms with Gasteiger partial charge in [0.15, 0.2) is 23.3 Å². The third kappa shape index (κ3) is 7.01. The van der Waals surface area contributed by atoms with Crippen molar-refractivity contribution >= 4 is 5.57 Å².